The Morgan fingerprint density at radius 2 is 1.91 bits per heavy atom. The Hall–Kier alpha value is -3.16. The van der Waals surface area contributed by atoms with E-state index in [1.54, 1.807) is 7.05 Å². The van der Waals surface area contributed by atoms with Crippen molar-refractivity contribution in [2.45, 2.75) is 73.1 Å². The smallest absolute Gasteiger partial charge is 0.275 e. The second-order valence-corrected chi connectivity index (χ2v) is 7.93. The minimum absolute atomic E-state index is 0.109. The Morgan fingerprint density at radius 1 is 1.26 bits per heavy atom. The normalized spacial score (nSPS) is 12.6. The molecule has 1 saturated carbocycles. The van der Waals surface area contributed by atoms with Crippen molar-refractivity contribution in [3.8, 4) is 17.1 Å². The molecule has 1 aliphatic carbocycles. The molecule has 1 aromatic heterocycles. The van der Waals surface area contributed by atoms with Gasteiger partial charge in [0.05, 0.1) is 17.9 Å². The summed E-state index contributed by atoms with van der Waals surface area (Å²) in [6.45, 7) is 10.4. The zero-order valence-corrected chi connectivity index (χ0v) is 21.5. The minimum Gasteiger partial charge on any atom is -0.493 e. The quantitative estimate of drug-likeness (QED) is 0.400. The molecule has 1 fully saturated rings. The topological polar surface area (TPSA) is 134 Å². The minimum atomic E-state index is -0.290. The van der Waals surface area contributed by atoms with E-state index in [2.05, 4.69) is 15.3 Å². The number of benzene rings is 1. The second kappa shape index (κ2) is 14.9. The van der Waals surface area contributed by atoms with E-state index in [0.29, 0.717) is 41.7 Å². The molecular formula is C26H41N5O3. The van der Waals surface area contributed by atoms with Crippen molar-refractivity contribution in [2.24, 2.45) is 11.7 Å². The van der Waals surface area contributed by atoms with Crippen molar-refractivity contribution in [1.82, 2.24) is 9.97 Å². The average molecular weight is 472 g/mol. The number of H-pyrrole nitrogens is 1. The maximum Gasteiger partial charge on any atom is 0.275 e. The van der Waals surface area contributed by atoms with Gasteiger partial charge >= 0.3 is 0 Å². The van der Waals surface area contributed by atoms with Gasteiger partial charge in [-0.25, -0.2) is 4.98 Å². The fraction of sp³-hybridized carbons (Fsp3) is 0.538. The second-order valence-electron chi connectivity index (χ2n) is 7.93. The highest BCUT2D eigenvalue weighted by molar-refractivity contribution is 6.01. The molecule has 0 aliphatic heterocycles. The first kappa shape index (κ1) is 28.9. The molecule has 0 saturated heterocycles. The highest BCUT2D eigenvalue weighted by Gasteiger charge is 2.19. The van der Waals surface area contributed by atoms with Gasteiger partial charge in [-0.1, -0.05) is 51.7 Å². The largest absolute Gasteiger partial charge is 0.493 e. The van der Waals surface area contributed by atoms with Crippen LogP contribution < -0.4 is 21.3 Å². The van der Waals surface area contributed by atoms with Crippen molar-refractivity contribution >= 4 is 17.3 Å². The molecule has 1 amide bonds. The molecule has 188 valence electrons. The van der Waals surface area contributed by atoms with Gasteiger partial charge in [-0.05, 0) is 45.2 Å². The number of hydrogen-bond acceptors (Lipinski definition) is 6. The third-order valence-corrected chi connectivity index (χ3v) is 5.40. The number of nitrogens with two attached hydrogens (primary N) is 1. The number of primary amides is 1. The molecule has 0 atom stereocenters. The third-order valence-electron chi connectivity index (χ3n) is 5.40. The summed E-state index contributed by atoms with van der Waals surface area (Å²) in [5, 5.41) is 11.1. The lowest BCUT2D eigenvalue weighted by molar-refractivity contribution is -0.121. The Kier molecular flexibility index (Phi) is 12.6. The molecule has 8 heteroatoms. The number of aryl methyl sites for hydroxylation is 1. The van der Waals surface area contributed by atoms with E-state index in [4.69, 9.17) is 15.9 Å². The maximum atomic E-state index is 12.4. The molecule has 0 unspecified atom stereocenters. The van der Waals surface area contributed by atoms with E-state index >= 15 is 0 Å². The number of carbonyl (C=O) groups excluding carboxylic acids is 1. The van der Waals surface area contributed by atoms with Gasteiger partial charge in [-0.15, -0.1) is 0 Å². The first-order chi connectivity index (χ1) is 16.3. The van der Waals surface area contributed by atoms with E-state index < -0.39 is 0 Å². The Bertz CT molecular complexity index is 994. The lowest BCUT2D eigenvalue weighted by Gasteiger charge is -2.14. The zero-order valence-electron chi connectivity index (χ0n) is 21.5. The average Bonchev–Trinajstić information content (AvgIpc) is 3.37. The fourth-order valence-corrected chi connectivity index (χ4v) is 3.74. The van der Waals surface area contributed by atoms with E-state index in [0.717, 1.165) is 30.4 Å². The summed E-state index contributed by atoms with van der Waals surface area (Å²) < 4.78 is 5.66. The van der Waals surface area contributed by atoms with Gasteiger partial charge in [0, 0.05) is 13.0 Å². The summed E-state index contributed by atoms with van der Waals surface area (Å²) in [6.07, 6.45) is 5.81. The molecule has 34 heavy (non-hydrogen) atoms. The van der Waals surface area contributed by atoms with Gasteiger partial charge in [-0.2, -0.15) is 0 Å². The molecule has 1 heterocycles. The van der Waals surface area contributed by atoms with Gasteiger partial charge < -0.3 is 26.2 Å². The summed E-state index contributed by atoms with van der Waals surface area (Å²) in [5.41, 5.74) is 7.59. The molecule has 3 rings (SSSR count). The van der Waals surface area contributed by atoms with Crippen LogP contribution in [0, 0.1) is 18.3 Å². The lowest BCUT2D eigenvalue weighted by Crippen LogP contribution is -2.20. The molecule has 5 N–H and O–H groups in total. The molecule has 0 radical (unpaired) electrons. The SMILES string of the molecule is CC.CCCC(=N)c1nc(-c2cc(C)ccc2OCC)[nH]c(=O)c1NC.NC(=O)C1CCCC1. The van der Waals surface area contributed by atoms with Crippen LogP contribution >= 0.6 is 0 Å². The predicted molar refractivity (Wildman–Crippen MR) is 140 cm³/mol. The summed E-state index contributed by atoms with van der Waals surface area (Å²) in [7, 11) is 1.66. The molecule has 1 aromatic carbocycles. The van der Waals surface area contributed by atoms with E-state index in [1.165, 1.54) is 12.8 Å². The van der Waals surface area contributed by atoms with E-state index in [9.17, 15) is 9.59 Å². The molecule has 1 aliphatic rings. The van der Waals surface area contributed by atoms with Crippen LogP contribution in [0.4, 0.5) is 5.69 Å². The number of aromatic amines is 1. The van der Waals surface area contributed by atoms with Gasteiger partial charge in [-0.3, -0.25) is 9.59 Å². The van der Waals surface area contributed by atoms with Crippen molar-refractivity contribution in [2.75, 3.05) is 19.0 Å². The number of aromatic nitrogens is 2. The summed E-state index contributed by atoms with van der Waals surface area (Å²) in [4.78, 5) is 30.2. The fourth-order valence-electron chi connectivity index (χ4n) is 3.74. The van der Waals surface area contributed by atoms with Gasteiger partial charge in [0.2, 0.25) is 5.91 Å². The van der Waals surface area contributed by atoms with Crippen LogP contribution in [0.15, 0.2) is 23.0 Å². The number of amides is 1. The van der Waals surface area contributed by atoms with Crippen LogP contribution in [-0.4, -0.2) is 35.2 Å². The zero-order chi connectivity index (χ0) is 25.7. The number of ether oxygens (including phenoxy) is 1. The van der Waals surface area contributed by atoms with Crippen LogP contribution in [0.5, 0.6) is 5.75 Å². The molecule has 8 nitrogen and oxygen atoms in total. The molecule has 0 spiro atoms. The molecular weight excluding hydrogens is 430 g/mol. The van der Waals surface area contributed by atoms with Gasteiger partial charge in [0.25, 0.3) is 5.56 Å². The van der Waals surface area contributed by atoms with E-state index in [-0.39, 0.29) is 17.4 Å². The van der Waals surface area contributed by atoms with Gasteiger partial charge in [0.15, 0.2) is 0 Å². The number of hydrogen-bond donors (Lipinski definition) is 4. The number of nitrogens with zero attached hydrogens (tertiary/aromatic N) is 1. The third kappa shape index (κ3) is 8.01. The monoisotopic (exact) mass is 471 g/mol. The highest BCUT2D eigenvalue weighted by atomic mass is 16.5. The molecule has 0 bridgehead atoms. The standard InChI is InChI=1S/C18H24N4O2.C6H11NO.C2H6/c1-5-7-13(19)15-16(20-4)18(23)22-17(21-15)12-10-11(3)8-9-14(12)24-6-2;7-6(8)5-3-1-2-4-5;1-2/h8-10,19-20H,5-7H2,1-4H3,(H,21,22,23);5H,1-4H2,(H2,7,8);1-2H3. The number of carbonyl (C=O) groups is 1. The van der Waals surface area contributed by atoms with Gasteiger partial charge in [0.1, 0.15) is 23.0 Å². The van der Waals surface area contributed by atoms with Crippen LogP contribution in [-0.2, 0) is 4.79 Å². The lowest BCUT2D eigenvalue weighted by atomic mass is 10.1. The maximum absolute atomic E-state index is 12.4. The van der Waals surface area contributed by atoms with Crippen molar-refractivity contribution in [1.29, 1.82) is 5.41 Å². The Morgan fingerprint density at radius 3 is 2.41 bits per heavy atom. The van der Waals surface area contributed by atoms with Crippen molar-refractivity contribution in [3.05, 3.63) is 39.8 Å². The van der Waals surface area contributed by atoms with E-state index in [1.807, 2.05) is 52.8 Å². The number of rotatable bonds is 8. The number of nitrogens with one attached hydrogen (secondary N) is 3. The summed E-state index contributed by atoms with van der Waals surface area (Å²) in [6, 6.07) is 5.75. The van der Waals surface area contributed by atoms with Crippen LogP contribution in [0.3, 0.4) is 0 Å². The Labute approximate surface area is 203 Å². The van der Waals surface area contributed by atoms with Crippen molar-refractivity contribution in [3.63, 3.8) is 0 Å². The summed E-state index contributed by atoms with van der Waals surface area (Å²) in [5.74, 6) is 1.18. The highest BCUT2D eigenvalue weighted by Crippen LogP contribution is 2.29. The molecule has 2 aromatic rings. The first-order valence-corrected chi connectivity index (χ1v) is 12.2. The van der Waals surface area contributed by atoms with Crippen LogP contribution in [0.1, 0.15) is 77.5 Å². The van der Waals surface area contributed by atoms with Crippen LogP contribution in [0.25, 0.3) is 11.4 Å². The summed E-state index contributed by atoms with van der Waals surface area (Å²) >= 11 is 0. The predicted octanol–water partition coefficient (Wildman–Crippen LogP) is 5.04. The van der Waals surface area contributed by atoms with Crippen molar-refractivity contribution < 1.29 is 9.53 Å². The Balaban J connectivity index is 0.000000483. The van der Waals surface area contributed by atoms with Crippen LogP contribution in [0.2, 0.25) is 0 Å². The number of anilines is 1. The first-order valence-electron chi connectivity index (χ1n) is 12.2.